The average molecular weight is 1120 g/mol. The van der Waals surface area contributed by atoms with Crippen LogP contribution in [0.3, 0.4) is 0 Å². The minimum absolute atomic E-state index is 0.585. The van der Waals surface area contributed by atoms with E-state index in [1.165, 1.54) is 54.7 Å². The number of rotatable bonds is 9. The normalized spacial score (nSPS) is 11.9. The van der Waals surface area contributed by atoms with E-state index >= 15 is 0 Å². The van der Waals surface area contributed by atoms with Crippen LogP contribution in [0.1, 0.15) is 0 Å². The molecule has 0 bridgehead atoms. The summed E-state index contributed by atoms with van der Waals surface area (Å²) in [4.78, 5) is 11.4. The van der Waals surface area contributed by atoms with Gasteiger partial charge in [0.25, 0.3) is 0 Å². The summed E-state index contributed by atoms with van der Waals surface area (Å²) in [5.41, 5.74) is 22.2. The Morgan fingerprint density at radius 3 is 1.01 bits per heavy atom. The van der Waals surface area contributed by atoms with Crippen LogP contribution in [-0.2, 0) is 0 Å². The molecule has 0 amide bonds. The zero-order valence-corrected chi connectivity index (χ0v) is 47.7. The number of hydrogen-bond donors (Lipinski definition) is 0. The van der Waals surface area contributed by atoms with Crippen LogP contribution in [0, 0.1) is 0 Å². The standard InChI is InChI=1S/C82H52N6/c1-4-21-53(22-5-1)62-29-10-11-30-63(62)58-23-20-24-59(47-58)72-52-81(87-75-37-18-14-33-66(75)70-50-56(41-45-79(70)87)54-39-43-77-68(48-54)64-31-12-16-35-73(64)85(77)60-25-6-2-7-26-60)84-82(83-72)88-76-38-19-15-34-67(76)71-51-57(42-46-80(71)88)55-40-44-78-69(49-55)65-32-13-17-36-74(65)86(78)61-27-8-3-9-28-61/h1-52H. The van der Waals surface area contributed by atoms with Gasteiger partial charge in [0.15, 0.2) is 0 Å². The Hall–Kier alpha value is -11.9. The zero-order valence-electron chi connectivity index (χ0n) is 47.7. The van der Waals surface area contributed by atoms with Gasteiger partial charge in [-0.25, -0.2) is 4.98 Å². The molecule has 18 aromatic rings. The molecule has 5 aromatic heterocycles. The van der Waals surface area contributed by atoms with Crippen molar-refractivity contribution in [2.45, 2.75) is 0 Å². The molecule has 0 aliphatic rings. The minimum Gasteiger partial charge on any atom is -0.309 e. The maximum atomic E-state index is 5.73. The topological polar surface area (TPSA) is 45.5 Å². The van der Waals surface area contributed by atoms with Crippen molar-refractivity contribution in [3.05, 3.63) is 315 Å². The van der Waals surface area contributed by atoms with Gasteiger partial charge in [0, 0.05) is 66.1 Å². The van der Waals surface area contributed by atoms with Gasteiger partial charge in [-0.15, -0.1) is 0 Å². The van der Waals surface area contributed by atoms with Gasteiger partial charge in [-0.2, -0.15) is 4.98 Å². The molecule has 0 N–H and O–H groups in total. The third-order valence-electron chi connectivity index (χ3n) is 18.0. The van der Waals surface area contributed by atoms with E-state index in [0.29, 0.717) is 5.95 Å². The molecular formula is C82H52N6. The summed E-state index contributed by atoms with van der Waals surface area (Å²) in [5, 5.41) is 9.45. The van der Waals surface area contributed by atoms with Crippen LogP contribution >= 0.6 is 0 Å². The highest BCUT2D eigenvalue weighted by Gasteiger charge is 2.23. The van der Waals surface area contributed by atoms with Crippen molar-refractivity contribution >= 4 is 87.2 Å². The number of nitrogens with zero attached hydrogens (tertiary/aromatic N) is 6. The molecule has 6 heteroatoms. The van der Waals surface area contributed by atoms with Gasteiger partial charge in [-0.1, -0.05) is 206 Å². The van der Waals surface area contributed by atoms with E-state index in [-0.39, 0.29) is 0 Å². The van der Waals surface area contributed by atoms with Crippen LogP contribution < -0.4 is 0 Å². The number of fused-ring (bicyclic) bond motifs is 12. The van der Waals surface area contributed by atoms with Gasteiger partial charge >= 0.3 is 0 Å². The smallest absolute Gasteiger partial charge is 0.237 e. The summed E-state index contributed by atoms with van der Waals surface area (Å²) in [6.45, 7) is 0. The van der Waals surface area contributed by atoms with Gasteiger partial charge in [-0.05, 0) is 148 Å². The molecule has 13 aromatic carbocycles. The summed E-state index contributed by atoms with van der Waals surface area (Å²) >= 11 is 0. The van der Waals surface area contributed by atoms with Crippen molar-refractivity contribution in [2.75, 3.05) is 0 Å². The van der Waals surface area contributed by atoms with Crippen molar-refractivity contribution in [1.82, 2.24) is 28.2 Å². The molecule has 6 nitrogen and oxygen atoms in total. The minimum atomic E-state index is 0.585. The molecule has 0 saturated carbocycles. The van der Waals surface area contributed by atoms with E-state index < -0.39 is 0 Å². The molecule has 0 fully saturated rings. The van der Waals surface area contributed by atoms with Gasteiger partial charge in [-0.3, -0.25) is 9.13 Å². The number of aromatic nitrogens is 6. The second-order valence-corrected chi connectivity index (χ2v) is 22.9. The van der Waals surface area contributed by atoms with E-state index in [0.717, 1.165) is 105 Å². The molecule has 0 unspecified atom stereocenters. The first kappa shape index (κ1) is 49.6. The Kier molecular flexibility index (Phi) is 11.2. The second-order valence-electron chi connectivity index (χ2n) is 22.9. The molecule has 0 saturated heterocycles. The summed E-state index contributed by atoms with van der Waals surface area (Å²) in [6, 6.07) is 114. The van der Waals surface area contributed by atoms with Crippen molar-refractivity contribution < 1.29 is 0 Å². The highest BCUT2D eigenvalue weighted by atomic mass is 15.2. The largest absolute Gasteiger partial charge is 0.309 e. The number of para-hydroxylation sites is 6. The third kappa shape index (κ3) is 7.82. The summed E-state index contributed by atoms with van der Waals surface area (Å²) in [5.74, 6) is 1.36. The Morgan fingerprint density at radius 2 is 0.534 bits per heavy atom. The Bertz CT molecular complexity index is 5510. The molecule has 0 aliphatic heterocycles. The van der Waals surface area contributed by atoms with Crippen LogP contribution in [0.2, 0.25) is 0 Å². The molecule has 0 atom stereocenters. The molecular weight excluding hydrogens is 1070 g/mol. The zero-order chi connectivity index (χ0) is 57.8. The van der Waals surface area contributed by atoms with E-state index in [9.17, 15) is 0 Å². The lowest BCUT2D eigenvalue weighted by Crippen LogP contribution is -2.07. The lowest BCUT2D eigenvalue weighted by atomic mass is 9.93. The molecule has 0 aliphatic carbocycles. The van der Waals surface area contributed by atoms with Crippen LogP contribution in [0.4, 0.5) is 0 Å². The van der Waals surface area contributed by atoms with E-state index in [1.54, 1.807) is 0 Å². The predicted molar refractivity (Wildman–Crippen MR) is 367 cm³/mol. The fraction of sp³-hybridized carbons (Fsp3) is 0. The summed E-state index contributed by atoms with van der Waals surface area (Å²) < 4.78 is 9.35. The Balaban J connectivity index is 0.825. The third-order valence-corrected chi connectivity index (χ3v) is 18.0. The molecule has 5 heterocycles. The van der Waals surface area contributed by atoms with Gasteiger partial charge in [0.05, 0.1) is 49.8 Å². The van der Waals surface area contributed by atoms with Crippen molar-refractivity contribution in [3.8, 4) is 78.9 Å². The number of benzene rings is 13. The summed E-state index contributed by atoms with van der Waals surface area (Å²) in [6.07, 6.45) is 0. The van der Waals surface area contributed by atoms with Crippen LogP contribution in [0.15, 0.2) is 315 Å². The number of hydrogen-bond acceptors (Lipinski definition) is 2. The highest BCUT2D eigenvalue weighted by Crippen LogP contribution is 2.43. The second kappa shape index (κ2) is 19.9. The van der Waals surface area contributed by atoms with Crippen molar-refractivity contribution in [1.29, 1.82) is 0 Å². The molecule has 88 heavy (non-hydrogen) atoms. The maximum Gasteiger partial charge on any atom is 0.237 e. The average Bonchev–Trinajstić information content (AvgIpc) is 2.23. The van der Waals surface area contributed by atoms with Gasteiger partial charge < -0.3 is 9.13 Å². The molecule has 0 spiro atoms. The summed E-state index contributed by atoms with van der Waals surface area (Å²) in [7, 11) is 0. The lowest BCUT2D eigenvalue weighted by molar-refractivity contribution is 0.952. The SMILES string of the molecule is c1ccc(-c2ccccc2-c2cccc(-c3cc(-n4c5ccccc5c5cc(-c6ccc7c(c6)c6ccccc6n7-c6ccccc6)ccc54)nc(-n4c5ccccc5c5cc(-c6ccc7c(c6)c6ccccc6n7-c6ccccc6)ccc54)n3)c2)cc1. The first-order valence-corrected chi connectivity index (χ1v) is 30.0. The molecule has 18 rings (SSSR count). The van der Waals surface area contributed by atoms with Crippen LogP contribution in [0.25, 0.3) is 166 Å². The maximum absolute atomic E-state index is 5.73. The monoisotopic (exact) mass is 1120 g/mol. The first-order valence-electron chi connectivity index (χ1n) is 30.0. The highest BCUT2D eigenvalue weighted by molar-refractivity contribution is 6.15. The van der Waals surface area contributed by atoms with Gasteiger partial charge in [0.1, 0.15) is 5.82 Å². The molecule has 0 radical (unpaired) electrons. The van der Waals surface area contributed by atoms with Crippen LogP contribution in [0.5, 0.6) is 0 Å². The predicted octanol–water partition coefficient (Wildman–Crippen LogP) is 21.2. The quantitative estimate of drug-likeness (QED) is 0.145. The van der Waals surface area contributed by atoms with Crippen molar-refractivity contribution in [2.24, 2.45) is 0 Å². The Labute approximate surface area is 507 Å². The van der Waals surface area contributed by atoms with E-state index in [1.807, 2.05) is 0 Å². The fourth-order valence-corrected chi connectivity index (χ4v) is 14.0. The van der Waals surface area contributed by atoms with Gasteiger partial charge in [0.2, 0.25) is 5.95 Å². The fourth-order valence-electron chi connectivity index (χ4n) is 14.0. The first-order chi connectivity index (χ1) is 43.6. The van der Waals surface area contributed by atoms with Crippen LogP contribution in [-0.4, -0.2) is 28.2 Å². The lowest BCUT2D eigenvalue weighted by Gasteiger charge is -2.15. The molecule has 410 valence electrons. The van der Waals surface area contributed by atoms with Crippen molar-refractivity contribution in [3.63, 3.8) is 0 Å². The van der Waals surface area contributed by atoms with E-state index in [2.05, 4.69) is 334 Å². The Morgan fingerprint density at radius 1 is 0.193 bits per heavy atom. The van der Waals surface area contributed by atoms with E-state index in [4.69, 9.17) is 9.97 Å².